The van der Waals surface area contributed by atoms with E-state index in [1.807, 2.05) is 0 Å². The zero-order valence-electron chi connectivity index (χ0n) is 18.4. The molecule has 3 heterocycles. The summed E-state index contributed by atoms with van der Waals surface area (Å²) in [5, 5.41) is 3.34. The van der Waals surface area contributed by atoms with Crippen LogP contribution in [0.2, 0.25) is 0 Å². The summed E-state index contributed by atoms with van der Waals surface area (Å²) < 4.78 is 2.29. The first-order valence-corrected chi connectivity index (χ1v) is 12.1. The molecule has 4 heteroatoms. The van der Waals surface area contributed by atoms with Crippen molar-refractivity contribution in [2.24, 2.45) is 10.8 Å². The summed E-state index contributed by atoms with van der Waals surface area (Å²) in [6.45, 7) is 8.91. The third-order valence-electron chi connectivity index (χ3n) is 7.09. The number of carbonyl (C=O) groups excluding carboxylic acids is 1. The number of fused-ring (bicyclic) bond motifs is 3. The van der Waals surface area contributed by atoms with Crippen molar-refractivity contribution in [1.82, 2.24) is 9.47 Å². The smallest absolute Gasteiger partial charge is 0.270 e. The Hall–Kier alpha value is -2.07. The van der Waals surface area contributed by atoms with Gasteiger partial charge in [0.1, 0.15) is 10.5 Å². The summed E-state index contributed by atoms with van der Waals surface area (Å²) in [4.78, 5) is 17.2. The highest BCUT2D eigenvalue weighted by atomic mass is 32.1. The van der Waals surface area contributed by atoms with E-state index in [1.165, 1.54) is 22.2 Å². The second-order valence-corrected chi connectivity index (χ2v) is 11.5. The van der Waals surface area contributed by atoms with Crippen molar-refractivity contribution in [2.45, 2.75) is 65.5 Å². The van der Waals surface area contributed by atoms with Crippen LogP contribution in [0, 0.1) is 10.8 Å². The molecule has 0 spiro atoms. The zero-order valence-corrected chi connectivity index (χ0v) is 19.2. The normalized spacial score (nSPS) is 25.2. The summed E-state index contributed by atoms with van der Waals surface area (Å²) in [6.07, 6.45) is 5.58. The highest BCUT2D eigenvalue weighted by Gasteiger charge is 2.51. The molecule has 158 valence electrons. The van der Waals surface area contributed by atoms with Gasteiger partial charge in [0.2, 0.25) is 0 Å². The number of nitrogens with zero attached hydrogens (tertiary/aromatic N) is 2. The van der Waals surface area contributed by atoms with Crippen LogP contribution in [-0.4, -0.2) is 28.0 Å². The Labute approximate surface area is 183 Å². The average Bonchev–Trinajstić information content (AvgIpc) is 3.33. The van der Waals surface area contributed by atoms with Gasteiger partial charge < -0.3 is 9.47 Å². The molecule has 2 unspecified atom stereocenters. The van der Waals surface area contributed by atoms with Gasteiger partial charge in [0, 0.05) is 24.5 Å². The molecule has 1 aromatic carbocycles. The van der Waals surface area contributed by atoms with Crippen molar-refractivity contribution in [1.29, 1.82) is 0 Å². The zero-order chi connectivity index (χ0) is 20.9. The summed E-state index contributed by atoms with van der Waals surface area (Å²) >= 11 is 1.75. The minimum Gasteiger partial charge on any atom is -0.334 e. The van der Waals surface area contributed by atoms with Gasteiger partial charge in [-0.05, 0) is 66.0 Å². The van der Waals surface area contributed by atoms with Gasteiger partial charge in [-0.25, -0.2) is 0 Å². The summed E-state index contributed by atoms with van der Waals surface area (Å²) in [7, 11) is 0. The Morgan fingerprint density at radius 2 is 1.93 bits per heavy atom. The molecule has 1 saturated heterocycles. The fourth-order valence-electron chi connectivity index (χ4n) is 6.30. The van der Waals surface area contributed by atoms with Gasteiger partial charge in [0.25, 0.3) is 5.91 Å². The minimum absolute atomic E-state index is 0.240. The molecule has 1 saturated carbocycles. The van der Waals surface area contributed by atoms with Gasteiger partial charge in [-0.15, -0.1) is 11.3 Å². The SMILES string of the molecule is CC1(C)CC2CC(C)(CN2C(=O)c2cc3ccsc3n2CCCc2ccccc2)C1. The van der Waals surface area contributed by atoms with E-state index in [-0.39, 0.29) is 11.3 Å². The molecule has 2 aliphatic rings. The maximum atomic E-state index is 13.8. The van der Waals surface area contributed by atoms with Crippen molar-refractivity contribution in [3.05, 3.63) is 59.1 Å². The molecular weight excluding hydrogens is 388 g/mol. The predicted molar refractivity (Wildman–Crippen MR) is 125 cm³/mol. The van der Waals surface area contributed by atoms with E-state index >= 15 is 0 Å². The van der Waals surface area contributed by atoms with Crippen LogP contribution in [0.25, 0.3) is 10.2 Å². The van der Waals surface area contributed by atoms with Gasteiger partial charge in [0.15, 0.2) is 0 Å². The number of hydrogen-bond donors (Lipinski definition) is 0. The lowest BCUT2D eigenvalue weighted by Crippen LogP contribution is -2.38. The molecule has 3 nitrogen and oxygen atoms in total. The first-order chi connectivity index (χ1) is 14.3. The molecule has 2 bridgehead atoms. The van der Waals surface area contributed by atoms with Crippen LogP contribution in [0.5, 0.6) is 0 Å². The number of aryl methyl sites for hydroxylation is 2. The molecule has 30 heavy (non-hydrogen) atoms. The van der Waals surface area contributed by atoms with Gasteiger partial charge in [-0.3, -0.25) is 4.79 Å². The van der Waals surface area contributed by atoms with Crippen LogP contribution >= 0.6 is 11.3 Å². The molecule has 2 atom stereocenters. The van der Waals surface area contributed by atoms with E-state index in [9.17, 15) is 4.79 Å². The van der Waals surface area contributed by atoms with E-state index in [4.69, 9.17) is 0 Å². The molecule has 1 aliphatic heterocycles. The number of hydrogen-bond acceptors (Lipinski definition) is 2. The third kappa shape index (κ3) is 3.60. The number of benzene rings is 1. The Morgan fingerprint density at radius 1 is 1.13 bits per heavy atom. The molecule has 0 N–H and O–H groups in total. The molecule has 2 fully saturated rings. The maximum Gasteiger partial charge on any atom is 0.270 e. The molecule has 0 radical (unpaired) electrons. The highest BCUT2D eigenvalue weighted by molar-refractivity contribution is 7.16. The average molecular weight is 421 g/mol. The second-order valence-electron chi connectivity index (χ2n) is 10.6. The Kier molecular flexibility index (Phi) is 4.81. The highest BCUT2D eigenvalue weighted by Crippen LogP contribution is 2.52. The van der Waals surface area contributed by atoms with Gasteiger partial charge in [0.05, 0.1) is 0 Å². The van der Waals surface area contributed by atoms with E-state index in [0.29, 0.717) is 11.5 Å². The maximum absolute atomic E-state index is 13.8. The quantitative estimate of drug-likeness (QED) is 0.470. The molecule has 3 aromatic rings. The standard InChI is InChI=1S/C26H32N2OS/c1-25(2)15-21-16-26(3,17-25)18-28(21)23(29)22-14-20-11-13-30-24(20)27(22)12-7-10-19-8-5-4-6-9-19/h4-6,8-9,11,13-14,21H,7,10,12,15-18H2,1-3H3. The van der Waals surface area contributed by atoms with Crippen LogP contribution in [0.3, 0.4) is 0 Å². The second kappa shape index (κ2) is 7.26. The van der Waals surface area contributed by atoms with Crippen molar-refractivity contribution in [2.75, 3.05) is 6.54 Å². The number of carbonyl (C=O) groups is 1. The topological polar surface area (TPSA) is 25.2 Å². The number of thiophene rings is 1. The molecular formula is C26H32N2OS. The summed E-state index contributed by atoms with van der Waals surface area (Å²) in [6, 6.07) is 15.3. The first-order valence-electron chi connectivity index (χ1n) is 11.3. The van der Waals surface area contributed by atoms with Gasteiger partial charge in [-0.1, -0.05) is 51.1 Å². The van der Waals surface area contributed by atoms with Crippen molar-refractivity contribution in [3.8, 4) is 0 Å². The predicted octanol–water partition coefficient (Wildman–Crippen LogP) is 6.38. The van der Waals surface area contributed by atoms with E-state index in [1.54, 1.807) is 11.3 Å². The van der Waals surface area contributed by atoms with Gasteiger partial charge in [-0.2, -0.15) is 0 Å². The first kappa shape index (κ1) is 19.9. The Bertz CT molecular complexity index is 1060. The Balaban J connectivity index is 1.40. The summed E-state index contributed by atoms with van der Waals surface area (Å²) in [5.74, 6) is 0.240. The molecule has 2 aromatic heterocycles. The lowest BCUT2D eigenvalue weighted by atomic mass is 9.65. The number of aromatic nitrogens is 1. The monoisotopic (exact) mass is 420 g/mol. The number of rotatable bonds is 5. The molecule has 1 aliphatic carbocycles. The number of amides is 1. The van der Waals surface area contributed by atoms with Crippen LogP contribution in [0.4, 0.5) is 0 Å². The lowest BCUT2D eigenvalue weighted by Gasteiger charge is -2.39. The fourth-order valence-corrected chi connectivity index (χ4v) is 7.23. The van der Waals surface area contributed by atoms with Crippen molar-refractivity contribution in [3.63, 3.8) is 0 Å². The van der Waals surface area contributed by atoms with Crippen molar-refractivity contribution >= 4 is 27.5 Å². The fraction of sp³-hybridized carbons (Fsp3) is 0.500. The third-order valence-corrected chi connectivity index (χ3v) is 8.04. The van der Waals surface area contributed by atoms with E-state index in [2.05, 4.69) is 78.1 Å². The molecule has 5 rings (SSSR count). The van der Waals surface area contributed by atoms with Crippen LogP contribution in [-0.2, 0) is 13.0 Å². The van der Waals surface area contributed by atoms with Crippen LogP contribution in [0.1, 0.15) is 62.5 Å². The number of likely N-dealkylation sites (tertiary alicyclic amines) is 1. The Morgan fingerprint density at radius 3 is 2.73 bits per heavy atom. The molecule has 1 amide bonds. The van der Waals surface area contributed by atoms with Crippen LogP contribution in [0.15, 0.2) is 47.8 Å². The van der Waals surface area contributed by atoms with Crippen LogP contribution < -0.4 is 0 Å². The minimum atomic E-state index is 0.240. The largest absolute Gasteiger partial charge is 0.334 e. The van der Waals surface area contributed by atoms with Crippen molar-refractivity contribution < 1.29 is 4.79 Å². The lowest BCUT2D eigenvalue weighted by molar-refractivity contribution is 0.0698. The van der Waals surface area contributed by atoms with E-state index < -0.39 is 0 Å². The van der Waals surface area contributed by atoms with E-state index in [0.717, 1.165) is 44.5 Å². The van der Waals surface area contributed by atoms with Gasteiger partial charge >= 0.3 is 0 Å². The summed E-state index contributed by atoms with van der Waals surface area (Å²) in [5.41, 5.74) is 2.84.